The predicted octanol–water partition coefficient (Wildman–Crippen LogP) is 1.81. The van der Waals surface area contributed by atoms with E-state index in [4.69, 9.17) is 0 Å². The van der Waals surface area contributed by atoms with E-state index in [-0.39, 0.29) is 5.75 Å². The summed E-state index contributed by atoms with van der Waals surface area (Å²) in [6.07, 6.45) is 4.68. The lowest BCUT2D eigenvalue weighted by Gasteiger charge is -2.20. The molecule has 0 fully saturated rings. The fourth-order valence-electron chi connectivity index (χ4n) is 1.89. The van der Waals surface area contributed by atoms with Crippen LogP contribution in [0.3, 0.4) is 0 Å². The molecule has 0 unspecified atom stereocenters. The summed E-state index contributed by atoms with van der Waals surface area (Å²) in [5.74, 6) is 0.243. The van der Waals surface area contributed by atoms with E-state index >= 15 is 0 Å². The topological polar surface area (TPSA) is 61.4 Å². The van der Waals surface area contributed by atoms with Gasteiger partial charge in [0.15, 0.2) is 0 Å². The third-order valence-corrected chi connectivity index (χ3v) is 5.05. The zero-order chi connectivity index (χ0) is 16.1. The molecule has 0 aromatic carbocycles. The van der Waals surface area contributed by atoms with Crippen molar-refractivity contribution in [2.45, 2.75) is 58.9 Å². The Morgan fingerprint density at radius 3 is 2.29 bits per heavy atom. The van der Waals surface area contributed by atoms with Gasteiger partial charge in [-0.05, 0) is 72.6 Å². The zero-order valence-corrected chi connectivity index (χ0v) is 15.1. The Balaban J connectivity index is 3.55. The molecule has 21 heavy (non-hydrogen) atoms. The first-order chi connectivity index (χ1) is 9.89. The second-order valence-electron chi connectivity index (χ2n) is 5.95. The van der Waals surface area contributed by atoms with Crippen LogP contribution in [0.5, 0.6) is 0 Å². The van der Waals surface area contributed by atoms with Crippen LogP contribution < -0.4 is 10.0 Å². The highest BCUT2D eigenvalue weighted by molar-refractivity contribution is 7.89. The van der Waals surface area contributed by atoms with Crippen molar-refractivity contribution in [3.05, 3.63) is 0 Å². The third-order valence-electron chi connectivity index (χ3n) is 3.58. The van der Waals surface area contributed by atoms with Gasteiger partial charge in [0.25, 0.3) is 0 Å². The van der Waals surface area contributed by atoms with Crippen molar-refractivity contribution in [3.63, 3.8) is 0 Å². The van der Waals surface area contributed by atoms with Crippen LogP contribution in [0.15, 0.2) is 0 Å². The molecule has 0 aliphatic heterocycles. The summed E-state index contributed by atoms with van der Waals surface area (Å²) in [5.41, 5.74) is 0. The summed E-state index contributed by atoms with van der Waals surface area (Å²) in [6.45, 7) is 9.95. The molecule has 0 heterocycles. The molecule has 0 saturated carbocycles. The van der Waals surface area contributed by atoms with Crippen molar-refractivity contribution in [1.82, 2.24) is 14.9 Å². The Morgan fingerprint density at radius 2 is 1.67 bits per heavy atom. The maximum Gasteiger partial charge on any atom is 0.211 e. The average molecular weight is 322 g/mol. The third kappa shape index (κ3) is 13.2. The van der Waals surface area contributed by atoms with Gasteiger partial charge in [0.1, 0.15) is 0 Å². The maximum atomic E-state index is 11.8. The Labute approximate surface area is 131 Å². The van der Waals surface area contributed by atoms with Gasteiger partial charge in [-0.3, -0.25) is 0 Å². The number of hydrogen-bond donors (Lipinski definition) is 2. The van der Waals surface area contributed by atoms with E-state index in [2.05, 4.69) is 42.8 Å². The lowest BCUT2D eigenvalue weighted by Crippen LogP contribution is -2.30. The number of sulfonamides is 1. The second-order valence-corrected chi connectivity index (χ2v) is 7.88. The molecule has 0 aromatic rings. The smallest absolute Gasteiger partial charge is 0.211 e. The molecule has 0 atom stereocenters. The van der Waals surface area contributed by atoms with Crippen molar-refractivity contribution in [1.29, 1.82) is 0 Å². The van der Waals surface area contributed by atoms with Crippen LogP contribution in [0, 0.1) is 0 Å². The van der Waals surface area contributed by atoms with Crippen LogP contribution in [-0.2, 0) is 10.0 Å². The van der Waals surface area contributed by atoms with Crippen molar-refractivity contribution >= 4 is 10.0 Å². The van der Waals surface area contributed by atoms with Gasteiger partial charge < -0.3 is 10.2 Å². The Hall–Kier alpha value is -0.170. The molecule has 6 heteroatoms. The van der Waals surface area contributed by atoms with Crippen LogP contribution in [0.25, 0.3) is 0 Å². The molecule has 0 aliphatic carbocycles. The molecule has 0 aliphatic rings. The number of nitrogens with zero attached hydrogens (tertiary/aromatic N) is 1. The van der Waals surface area contributed by atoms with Gasteiger partial charge in [-0.1, -0.05) is 6.92 Å². The minimum atomic E-state index is -3.08. The molecule has 2 N–H and O–H groups in total. The van der Waals surface area contributed by atoms with Crippen molar-refractivity contribution < 1.29 is 8.42 Å². The average Bonchev–Trinajstić information content (AvgIpc) is 2.41. The molecule has 0 spiro atoms. The fraction of sp³-hybridized carbons (Fsp3) is 1.00. The maximum absolute atomic E-state index is 11.8. The molecule has 0 bridgehead atoms. The number of nitrogens with one attached hydrogen (secondary N) is 2. The van der Waals surface area contributed by atoms with E-state index in [1.807, 2.05) is 0 Å². The van der Waals surface area contributed by atoms with Gasteiger partial charge >= 0.3 is 0 Å². The summed E-state index contributed by atoms with van der Waals surface area (Å²) in [6, 6.07) is 0.544. The Kier molecular flexibility index (Phi) is 12.3. The monoisotopic (exact) mass is 321 g/mol. The molecule has 0 saturated heterocycles. The second kappa shape index (κ2) is 12.4. The van der Waals surface area contributed by atoms with E-state index in [1.165, 1.54) is 0 Å². The van der Waals surface area contributed by atoms with Gasteiger partial charge in [0, 0.05) is 12.6 Å². The van der Waals surface area contributed by atoms with E-state index < -0.39 is 10.0 Å². The summed E-state index contributed by atoms with van der Waals surface area (Å²) in [4.78, 5) is 2.28. The first-order valence-electron chi connectivity index (χ1n) is 8.27. The zero-order valence-electron chi connectivity index (χ0n) is 14.3. The van der Waals surface area contributed by atoms with E-state index in [0.29, 0.717) is 12.6 Å². The first-order valence-corrected chi connectivity index (χ1v) is 9.92. The van der Waals surface area contributed by atoms with Gasteiger partial charge in [0.2, 0.25) is 10.0 Å². The van der Waals surface area contributed by atoms with Crippen LogP contribution >= 0.6 is 0 Å². The number of unbranched alkanes of at least 4 members (excludes halogenated alkanes) is 2. The van der Waals surface area contributed by atoms with Crippen LogP contribution in [0.1, 0.15) is 52.9 Å². The molecule has 0 rings (SSSR count). The molecular formula is C15H35N3O2S. The quantitative estimate of drug-likeness (QED) is 0.479. The largest absolute Gasteiger partial charge is 0.317 e. The van der Waals surface area contributed by atoms with Crippen LogP contribution in [0.4, 0.5) is 0 Å². The van der Waals surface area contributed by atoms with Crippen LogP contribution in [0.2, 0.25) is 0 Å². The highest BCUT2D eigenvalue weighted by atomic mass is 32.2. The number of rotatable bonds is 14. The Morgan fingerprint density at radius 1 is 1.00 bits per heavy atom. The Bertz CT molecular complexity index is 332. The van der Waals surface area contributed by atoms with Gasteiger partial charge in [-0.15, -0.1) is 0 Å². The summed E-state index contributed by atoms with van der Waals surface area (Å²) in [7, 11) is -0.984. The molecule has 128 valence electrons. The highest BCUT2D eigenvalue weighted by Gasteiger charge is 2.09. The number of hydrogen-bond acceptors (Lipinski definition) is 4. The summed E-state index contributed by atoms with van der Waals surface area (Å²) < 4.78 is 26.3. The van der Waals surface area contributed by atoms with Crippen molar-refractivity contribution in [2.24, 2.45) is 0 Å². The lowest BCUT2D eigenvalue weighted by molar-refractivity contribution is 0.268. The van der Waals surface area contributed by atoms with Crippen LogP contribution in [-0.4, -0.2) is 58.3 Å². The normalized spacial score (nSPS) is 12.5. The van der Waals surface area contributed by atoms with E-state index in [9.17, 15) is 8.42 Å². The van der Waals surface area contributed by atoms with E-state index in [1.54, 1.807) is 0 Å². The first kappa shape index (κ1) is 20.8. The summed E-state index contributed by atoms with van der Waals surface area (Å²) in [5, 5.41) is 3.28. The van der Waals surface area contributed by atoms with Crippen molar-refractivity contribution in [3.8, 4) is 0 Å². The SMILES string of the molecule is CCCNCCCCS(=O)(=O)NCCCCN(C)C(C)C. The molecule has 0 amide bonds. The predicted molar refractivity (Wildman–Crippen MR) is 91.2 cm³/mol. The molecule has 5 nitrogen and oxygen atoms in total. The lowest BCUT2D eigenvalue weighted by atomic mass is 10.2. The highest BCUT2D eigenvalue weighted by Crippen LogP contribution is 1.99. The van der Waals surface area contributed by atoms with Gasteiger partial charge in [-0.25, -0.2) is 13.1 Å². The van der Waals surface area contributed by atoms with Gasteiger partial charge in [0.05, 0.1) is 5.75 Å². The fourth-order valence-corrected chi connectivity index (χ4v) is 3.07. The minimum absolute atomic E-state index is 0.243. The molecule has 0 radical (unpaired) electrons. The van der Waals surface area contributed by atoms with Crippen molar-refractivity contribution in [2.75, 3.05) is 39.0 Å². The van der Waals surface area contributed by atoms with Gasteiger partial charge in [-0.2, -0.15) is 0 Å². The molecule has 0 aromatic heterocycles. The standard InChI is InChI=1S/C15H35N3O2S/c1-5-10-16-11-7-9-14-21(19,20)17-12-6-8-13-18(4)15(2)3/h15-17H,5-14H2,1-4H3. The summed E-state index contributed by atoms with van der Waals surface area (Å²) >= 11 is 0. The molecular weight excluding hydrogens is 286 g/mol. The van der Waals surface area contributed by atoms with E-state index in [0.717, 1.165) is 51.7 Å². The minimum Gasteiger partial charge on any atom is -0.317 e.